The molecule has 2 aliphatic rings. The number of aromatic nitrogens is 5. The lowest BCUT2D eigenvalue weighted by Crippen LogP contribution is -2.45. The molecule has 7 rings (SSSR count). The molecule has 0 saturated carbocycles. The van der Waals surface area contributed by atoms with Gasteiger partial charge < -0.3 is 20.2 Å². The second-order valence-corrected chi connectivity index (χ2v) is 12.8. The van der Waals surface area contributed by atoms with Gasteiger partial charge in [0, 0.05) is 80.4 Å². The minimum Gasteiger partial charge on any atom is -0.619 e. The van der Waals surface area contributed by atoms with Crippen LogP contribution in [0.2, 0.25) is 0 Å². The molecule has 0 unspecified atom stereocenters. The number of fused-ring (bicyclic) bond motifs is 1. The lowest BCUT2D eigenvalue weighted by atomic mass is 9.87. The van der Waals surface area contributed by atoms with Crippen LogP contribution in [0.25, 0.3) is 39.1 Å². The number of methoxy groups -OCH3 is 1. The van der Waals surface area contributed by atoms with Gasteiger partial charge in [-0.2, -0.15) is 9.83 Å². The van der Waals surface area contributed by atoms with Crippen molar-refractivity contribution >= 4 is 34.0 Å². The molecule has 3 aromatic heterocycles. The summed E-state index contributed by atoms with van der Waals surface area (Å²) < 4.78 is 6.37. The summed E-state index contributed by atoms with van der Waals surface area (Å²) in [7, 11) is 1.60. The van der Waals surface area contributed by atoms with E-state index in [2.05, 4.69) is 48.6 Å². The minimum atomic E-state index is -0.798. The van der Waals surface area contributed by atoms with Crippen LogP contribution in [0.15, 0.2) is 85.3 Å². The highest BCUT2D eigenvalue weighted by Gasteiger charge is 2.45. The Kier molecular flexibility index (Phi) is 8.89. The lowest BCUT2D eigenvalue weighted by molar-refractivity contribution is -0.612. The number of ether oxygens (including phenoxy) is 1. The van der Waals surface area contributed by atoms with Crippen molar-refractivity contribution in [3.05, 3.63) is 102 Å². The first-order valence-corrected chi connectivity index (χ1v) is 16.4. The number of aromatic amines is 1. The number of benzene rings is 2. The highest BCUT2D eigenvalue weighted by atomic mass is 16.5. The largest absolute Gasteiger partial charge is 0.619 e. The number of pyridine rings is 1. The van der Waals surface area contributed by atoms with Crippen molar-refractivity contribution < 1.29 is 19.1 Å². The average Bonchev–Trinajstić information content (AvgIpc) is 3.75. The molecule has 5 heterocycles. The van der Waals surface area contributed by atoms with Crippen molar-refractivity contribution in [1.82, 2.24) is 30.0 Å². The fourth-order valence-corrected chi connectivity index (χ4v) is 6.79. The number of anilines is 1. The van der Waals surface area contributed by atoms with Gasteiger partial charge in [0.1, 0.15) is 5.69 Å². The highest BCUT2D eigenvalue weighted by molar-refractivity contribution is 6.00. The molecule has 1 fully saturated rings. The van der Waals surface area contributed by atoms with Crippen molar-refractivity contribution in [1.29, 1.82) is 0 Å². The van der Waals surface area contributed by atoms with E-state index in [1.165, 1.54) is 11.8 Å². The van der Waals surface area contributed by atoms with E-state index < -0.39 is 5.41 Å². The van der Waals surface area contributed by atoms with Crippen LogP contribution < -0.4 is 10.0 Å². The third-order valence-electron chi connectivity index (χ3n) is 9.53. The van der Waals surface area contributed by atoms with E-state index in [1.807, 2.05) is 35.2 Å². The first kappa shape index (κ1) is 32.1. The normalized spacial score (nSPS) is 18.1. The standard InChI is InChI=1S/C37H38N8O4/c1-25-20-29(12-18-45(25)48)34-31-21-30(8-9-32(31)41-42-34)40-36(47)37(24-49-2)13-19-43(23-37)22-33(46)44-16-10-27(11-17-44)26-4-6-28(7-5-26)35-38-14-3-15-39-35/h3-10,12,14-15,18,20-21H,11,13,16-17,19,22-24H2,1-2H3,(H,40,47)(H,41,42)/t37-/m1/s1. The number of rotatable bonds is 9. The van der Waals surface area contributed by atoms with Crippen molar-refractivity contribution in [2.24, 2.45) is 5.41 Å². The molecule has 49 heavy (non-hydrogen) atoms. The number of carbonyl (C=O) groups excluding carboxylic acids is 2. The SMILES string of the molecule is COC[C@@]1(C(=O)Nc2ccc3[nH]nc(-c4cc[n+]([O-])c(C)c4)c3c2)CCN(CC(=O)N2CC=C(c3ccc(-c4ncccn4)cc3)CC2)C1. The fraction of sp³-hybridized carbons (Fsp3) is 0.297. The van der Waals surface area contributed by atoms with E-state index in [9.17, 15) is 14.8 Å². The van der Waals surface area contributed by atoms with Crippen molar-refractivity contribution in [2.45, 2.75) is 19.8 Å². The molecule has 1 saturated heterocycles. The predicted molar refractivity (Wildman–Crippen MR) is 186 cm³/mol. The van der Waals surface area contributed by atoms with Gasteiger partial charge in [-0.05, 0) is 54.8 Å². The summed E-state index contributed by atoms with van der Waals surface area (Å²) in [4.78, 5) is 39.8. The van der Waals surface area contributed by atoms with E-state index in [0.717, 1.165) is 38.7 Å². The Bertz CT molecular complexity index is 2030. The van der Waals surface area contributed by atoms with E-state index in [-0.39, 0.29) is 25.0 Å². The molecular weight excluding hydrogens is 620 g/mol. The van der Waals surface area contributed by atoms with E-state index in [1.54, 1.807) is 44.6 Å². The van der Waals surface area contributed by atoms with Gasteiger partial charge >= 0.3 is 0 Å². The molecule has 2 N–H and O–H groups in total. The van der Waals surface area contributed by atoms with Crippen LogP contribution in [-0.4, -0.2) is 88.2 Å². The van der Waals surface area contributed by atoms with Crippen molar-refractivity contribution in [3.8, 4) is 22.6 Å². The van der Waals surface area contributed by atoms with Crippen LogP contribution in [0.4, 0.5) is 5.69 Å². The topological polar surface area (TPSA) is 143 Å². The zero-order valence-electron chi connectivity index (χ0n) is 27.6. The zero-order chi connectivity index (χ0) is 34.0. The number of hydrogen-bond donors (Lipinski definition) is 2. The quantitative estimate of drug-likeness (QED) is 0.177. The second kappa shape index (κ2) is 13.6. The Morgan fingerprint density at radius 1 is 1.04 bits per heavy atom. The van der Waals surface area contributed by atoms with Gasteiger partial charge in [-0.15, -0.1) is 0 Å². The average molecular weight is 659 g/mol. The number of nitrogens with one attached hydrogen (secondary N) is 2. The van der Waals surface area contributed by atoms with Gasteiger partial charge in [-0.1, -0.05) is 30.3 Å². The zero-order valence-corrected chi connectivity index (χ0v) is 27.6. The summed E-state index contributed by atoms with van der Waals surface area (Å²) in [5.74, 6) is 0.602. The lowest BCUT2D eigenvalue weighted by Gasteiger charge is -2.30. The van der Waals surface area contributed by atoms with Crippen LogP contribution in [0.5, 0.6) is 0 Å². The number of carbonyl (C=O) groups is 2. The van der Waals surface area contributed by atoms with Gasteiger partial charge in [-0.25, -0.2) is 9.97 Å². The number of aryl methyl sites for hydroxylation is 1. The molecule has 250 valence electrons. The molecule has 2 amide bonds. The Morgan fingerprint density at radius 3 is 2.57 bits per heavy atom. The summed E-state index contributed by atoms with van der Waals surface area (Å²) in [5, 5.41) is 23.3. The molecule has 2 aromatic carbocycles. The molecule has 2 aliphatic heterocycles. The van der Waals surface area contributed by atoms with Gasteiger partial charge in [-0.3, -0.25) is 19.6 Å². The molecule has 0 spiro atoms. The fourth-order valence-electron chi connectivity index (χ4n) is 6.79. The summed E-state index contributed by atoms with van der Waals surface area (Å²) in [6.45, 7) is 4.46. The first-order valence-electron chi connectivity index (χ1n) is 16.4. The summed E-state index contributed by atoms with van der Waals surface area (Å²) in [6, 6.07) is 19.1. The van der Waals surface area contributed by atoms with E-state index >= 15 is 0 Å². The number of likely N-dealkylation sites (tertiary alicyclic amines) is 1. The molecule has 5 aromatic rings. The summed E-state index contributed by atoms with van der Waals surface area (Å²) in [5.41, 5.74) is 6.04. The molecule has 0 aliphatic carbocycles. The predicted octanol–water partition coefficient (Wildman–Crippen LogP) is 4.22. The molecule has 1 atom stereocenters. The molecule has 12 nitrogen and oxygen atoms in total. The van der Waals surface area contributed by atoms with Gasteiger partial charge in [0.25, 0.3) is 0 Å². The Hall–Kier alpha value is -5.46. The molecule has 0 radical (unpaired) electrons. The smallest absolute Gasteiger partial charge is 0.237 e. The van der Waals surface area contributed by atoms with E-state index in [0.29, 0.717) is 55.5 Å². The number of H-pyrrole nitrogens is 1. The van der Waals surface area contributed by atoms with Gasteiger partial charge in [0.2, 0.25) is 11.8 Å². The maximum Gasteiger partial charge on any atom is 0.237 e. The number of amides is 2. The van der Waals surface area contributed by atoms with Crippen LogP contribution in [0, 0.1) is 17.5 Å². The number of nitrogens with zero attached hydrogens (tertiary/aromatic N) is 6. The number of hydrogen-bond acceptors (Lipinski definition) is 8. The van der Waals surface area contributed by atoms with E-state index in [4.69, 9.17) is 4.74 Å². The van der Waals surface area contributed by atoms with Crippen molar-refractivity contribution in [2.75, 3.05) is 51.8 Å². The maximum atomic E-state index is 13.9. The first-order chi connectivity index (χ1) is 23.8. The summed E-state index contributed by atoms with van der Waals surface area (Å²) >= 11 is 0. The van der Waals surface area contributed by atoms with Gasteiger partial charge in [0.05, 0.1) is 24.1 Å². The Morgan fingerprint density at radius 2 is 1.84 bits per heavy atom. The molecular formula is C37H38N8O4. The second-order valence-electron chi connectivity index (χ2n) is 12.8. The minimum absolute atomic E-state index is 0.0529. The third kappa shape index (κ3) is 6.65. The Balaban J connectivity index is 0.980. The highest BCUT2D eigenvalue weighted by Crippen LogP contribution is 2.34. The molecule has 0 bridgehead atoms. The molecule has 12 heteroatoms. The Labute approximate surface area is 284 Å². The third-order valence-corrected chi connectivity index (χ3v) is 9.53. The van der Waals surface area contributed by atoms with Crippen LogP contribution in [0.1, 0.15) is 24.1 Å². The van der Waals surface area contributed by atoms with Crippen molar-refractivity contribution in [3.63, 3.8) is 0 Å². The van der Waals surface area contributed by atoms with Crippen LogP contribution in [0.3, 0.4) is 0 Å². The van der Waals surface area contributed by atoms with Crippen LogP contribution >= 0.6 is 0 Å². The van der Waals surface area contributed by atoms with Crippen LogP contribution in [-0.2, 0) is 14.3 Å². The maximum absolute atomic E-state index is 13.9. The monoisotopic (exact) mass is 658 g/mol. The van der Waals surface area contributed by atoms with Gasteiger partial charge in [0.15, 0.2) is 17.7 Å². The summed E-state index contributed by atoms with van der Waals surface area (Å²) in [6.07, 6.45) is 8.41.